The number of aromatic nitrogens is 4. The van der Waals surface area contributed by atoms with E-state index in [9.17, 15) is 39.5 Å². The smallest absolute Gasteiger partial charge is 0.372 e. The molecule has 4 rings (SSSR count). The van der Waals surface area contributed by atoms with E-state index >= 15 is 0 Å². The maximum atomic E-state index is 13.7. The molecule has 0 saturated carbocycles. The highest BCUT2D eigenvalue weighted by atomic mass is 19.4. The van der Waals surface area contributed by atoms with Gasteiger partial charge in [0.25, 0.3) is 5.95 Å². The molecule has 1 atom stereocenters. The zero-order valence-corrected chi connectivity index (χ0v) is 21.9. The van der Waals surface area contributed by atoms with E-state index in [1.807, 2.05) is 0 Å². The Bertz CT molecular complexity index is 1480. The van der Waals surface area contributed by atoms with Gasteiger partial charge in [-0.3, -0.25) is 0 Å². The second kappa shape index (κ2) is 11.6. The van der Waals surface area contributed by atoms with E-state index in [1.54, 1.807) is 30.3 Å². The average molecular weight is 603 g/mol. The molecule has 4 aromatic rings. The molecule has 3 aromatic carbocycles. The average Bonchev–Trinajstić information content (AvgIpc) is 3.34. The molecule has 1 heterocycles. The summed E-state index contributed by atoms with van der Waals surface area (Å²) in [6.45, 7) is -1.08. The molecule has 42 heavy (non-hydrogen) atoms. The molecule has 0 unspecified atom stereocenters. The van der Waals surface area contributed by atoms with Crippen LogP contribution in [0.1, 0.15) is 45.0 Å². The van der Waals surface area contributed by atoms with Crippen molar-refractivity contribution in [3.63, 3.8) is 0 Å². The molecule has 0 aliphatic carbocycles. The van der Waals surface area contributed by atoms with Gasteiger partial charge in [-0.15, -0.1) is 5.10 Å². The van der Waals surface area contributed by atoms with Gasteiger partial charge in [0.1, 0.15) is 6.10 Å². The third kappa shape index (κ3) is 7.19. The molecule has 0 amide bonds. The van der Waals surface area contributed by atoms with E-state index in [0.29, 0.717) is 17.7 Å². The van der Waals surface area contributed by atoms with E-state index in [2.05, 4.69) is 15.4 Å². The minimum absolute atomic E-state index is 0.0115. The van der Waals surface area contributed by atoms with Crippen LogP contribution in [0.4, 0.5) is 45.5 Å². The molecule has 0 bridgehead atoms. The van der Waals surface area contributed by atoms with Gasteiger partial charge in [-0.05, 0) is 57.8 Å². The molecule has 6 nitrogen and oxygen atoms in total. The molecule has 0 saturated heterocycles. The largest absolute Gasteiger partial charge is 0.416 e. The summed E-state index contributed by atoms with van der Waals surface area (Å²) in [4.78, 5) is 2.13. The van der Waals surface area contributed by atoms with Crippen molar-refractivity contribution in [2.45, 2.75) is 37.7 Å². The van der Waals surface area contributed by atoms with Gasteiger partial charge in [-0.1, -0.05) is 41.5 Å². The summed E-state index contributed by atoms with van der Waals surface area (Å²) in [5.41, 5.74) is -3.62. The molecule has 0 spiro atoms. The lowest BCUT2D eigenvalue weighted by Gasteiger charge is -2.26. The number of aryl methyl sites for hydroxylation is 1. The predicted octanol–water partition coefficient (Wildman–Crippen LogP) is 7.21. The molecule has 0 aliphatic heterocycles. The first-order valence-corrected chi connectivity index (χ1v) is 12.1. The first kappa shape index (κ1) is 30.8. The molecule has 0 N–H and O–H groups in total. The van der Waals surface area contributed by atoms with Gasteiger partial charge in [0.2, 0.25) is 0 Å². The molecule has 15 heteroatoms. The van der Waals surface area contributed by atoms with Crippen molar-refractivity contribution in [3.05, 3.63) is 106 Å². The fraction of sp³-hybridized carbons (Fsp3) is 0.296. The minimum Gasteiger partial charge on any atom is -0.372 e. The molecular formula is C27H22F9N5O. The summed E-state index contributed by atoms with van der Waals surface area (Å²) in [5, 5.41) is 11.5. The molecule has 0 aliphatic rings. The Labute approximate surface area is 233 Å². The number of nitrogens with zero attached hydrogens (tertiary/aromatic N) is 5. The van der Waals surface area contributed by atoms with Gasteiger partial charge in [0.05, 0.1) is 23.7 Å². The first-order chi connectivity index (χ1) is 19.6. The van der Waals surface area contributed by atoms with Crippen LogP contribution in [0.25, 0.3) is 0 Å². The predicted molar refractivity (Wildman–Crippen MR) is 132 cm³/mol. The second-order valence-corrected chi connectivity index (χ2v) is 9.29. The summed E-state index contributed by atoms with van der Waals surface area (Å²) in [6, 6.07) is 12.5. The lowest BCUT2D eigenvalue weighted by Crippen LogP contribution is -2.26. The van der Waals surface area contributed by atoms with E-state index in [0.717, 1.165) is 21.8 Å². The number of tetrazole rings is 1. The van der Waals surface area contributed by atoms with Crippen molar-refractivity contribution in [3.8, 4) is 0 Å². The fourth-order valence-electron chi connectivity index (χ4n) is 4.38. The fourth-order valence-corrected chi connectivity index (χ4v) is 4.38. The summed E-state index contributed by atoms with van der Waals surface area (Å²) in [5.74, 6) is -0.236. The van der Waals surface area contributed by atoms with E-state index in [1.165, 1.54) is 20.2 Å². The van der Waals surface area contributed by atoms with Crippen molar-refractivity contribution >= 4 is 5.95 Å². The Hall–Kier alpha value is -4.14. The van der Waals surface area contributed by atoms with Crippen molar-refractivity contribution < 1.29 is 44.3 Å². The molecule has 224 valence electrons. The molecule has 0 radical (unpaired) electrons. The van der Waals surface area contributed by atoms with E-state index in [4.69, 9.17) is 4.74 Å². The highest BCUT2D eigenvalue weighted by molar-refractivity contribution is 5.44. The Balaban J connectivity index is 1.85. The van der Waals surface area contributed by atoms with Crippen LogP contribution in [-0.4, -0.2) is 27.3 Å². The maximum Gasteiger partial charge on any atom is 0.416 e. The van der Waals surface area contributed by atoms with E-state index < -0.39 is 60.0 Å². The van der Waals surface area contributed by atoms with Crippen molar-refractivity contribution in [2.75, 3.05) is 12.0 Å². The Morgan fingerprint density at radius 1 is 0.762 bits per heavy atom. The van der Waals surface area contributed by atoms with Gasteiger partial charge in [0, 0.05) is 20.2 Å². The van der Waals surface area contributed by atoms with Gasteiger partial charge in [0.15, 0.2) is 0 Å². The summed E-state index contributed by atoms with van der Waals surface area (Å²) in [7, 11) is 2.72. The number of anilines is 1. The summed E-state index contributed by atoms with van der Waals surface area (Å²) in [6.07, 6.45) is -15.8. The SMILES string of the molecule is CO[C@H](c1ccccc1)c1ccc(C(F)(F)F)cc1CN(Cc1cc(C(F)(F)F)cc(C(F)(F)F)c1)c1nnn(C)n1. The Morgan fingerprint density at radius 2 is 1.36 bits per heavy atom. The quantitative estimate of drug-likeness (QED) is 0.199. The van der Waals surface area contributed by atoms with Gasteiger partial charge >= 0.3 is 18.5 Å². The molecule has 1 aromatic heterocycles. The lowest BCUT2D eigenvalue weighted by molar-refractivity contribution is -0.143. The third-order valence-corrected chi connectivity index (χ3v) is 6.25. The number of ether oxygens (including phenoxy) is 1. The monoisotopic (exact) mass is 603 g/mol. The molecule has 0 fully saturated rings. The Kier molecular flexibility index (Phi) is 8.53. The second-order valence-electron chi connectivity index (χ2n) is 9.29. The van der Waals surface area contributed by atoms with Gasteiger partial charge in [-0.2, -0.15) is 44.3 Å². The normalized spacial score (nSPS) is 13.3. The highest BCUT2D eigenvalue weighted by Crippen LogP contribution is 2.38. The topological polar surface area (TPSA) is 56.1 Å². The first-order valence-electron chi connectivity index (χ1n) is 12.1. The van der Waals surface area contributed by atoms with Crippen LogP contribution in [0.3, 0.4) is 0 Å². The van der Waals surface area contributed by atoms with Crippen LogP contribution < -0.4 is 4.90 Å². The molecular weight excluding hydrogens is 581 g/mol. The summed E-state index contributed by atoms with van der Waals surface area (Å²) < 4.78 is 128. The van der Waals surface area contributed by atoms with Gasteiger partial charge in [-0.25, -0.2) is 0 Å². The van der Waals surface area contributed by atoms with E-state index in [-0.39, 0.29) is 23.1 Å². The number of rotatable bonds is 8. The van der Waals surface area contributed by atoms with Crippen molar-refractivity contribution in [1.82, 2.24) is 20.2 Å². The Morgan fingerprint density at radius 3 is 1.86 bits per heavy atom. The maximum absolute atomic E-state index is 13.7. The van der Waals surface area contributed by atoms with Crippen LogP contribution in [0, 0.1) is 0 Å². The zero-order valence-electron chi connectivity index (χ0n) is 21.9. The third-order valence-electron chi connectivity index (χ3n) is 6.25. The number of hydrogen-bond acceptors (Lipinski definition) is 5. The van der Waals surface area contributed by atoms with Crippen LogP contribution in [0.5, 0.6) is 0 Å². The number of benzene rings is 3. The highest BCUT2D eigenvalue weighted by Gasteiger charge is 2.37. The van der Waals surface area contributed by atoms with Crippen LogP contribution in [0.15, 0.2) is 66.7 Å². The zero-order chi connectivity index (χ0) is 30.9. The number of hydrogen-bond donors (Lipinski definition) is 0. The number of alkyl halides is 9. The van der Waals surface area contributed by atoms with Crippen LogP contribution in [0.2, 0.25) is 0 Å². The summed E-state index contributed by atoms with van der Waals surface area (Å²) >= 11 is 0. The van der Waals surface area contributed by atoms with Crippen molar-refractivity contribution in [2.24, 2.45) is 7.05 Å². The van der Waals surface area contributed by atoms with Crippen molar-refractivity contribution in [1.29, 1.82) is 0 Å². The van der Waals surface area contributed by atoms with Gasteiger partial charge < -0.3 is 9.64 Å². The number of halogens is 9. The minimum atomic E-state index is -5.10. The lowest BCUT2D eigenvalue weighted by atomic mass is 9.94. The number of methoxy groups -OCH3 is 1. The standard InChI is InChI=1S/C27H22F9N5O/c1-40-38-24(37-39-40)41(14-16-10-20(26(31,32)33)13-21(11-16)27(34,35)36)15-18-12-19(25(28,29)30)8-9-22(18)23(42-2)17-6-4-3-5-7-17/h3-13,23H,14-15H2,1-2H3/t23-/m1/s1. The van der Waals surface area contributed by atoms with Crippen LogP contribution >= 0.6 is 0 Å². The van der Waals surface area contributed by atoms with Crippen LogP contribution in [-0.2, 0) is 43.4 Å².